The fraction of sp³-hybridized carbons (Fsp3) is 0.647. The van der Waals surface area contributed by atoms with E-state index in [1.165, 1.54) is 19.3 Å². The van der Waals surface area contributed by atoms with Crippen LogP contribution in [-0.2, 0) is 4.74 Å². The first-order valence-corrected chi connectivity index (χ1v) is 8.68. The lowest BCUT2D eigenvalue weighted by Crippen LogP contribution is -2.39. The molecule has 2 aliphatic rings. The Hall–Kier alpha value is -1.82. The molecular formula is C17H26N4O2. The summed E-state index contributed by atoms with van der Waals surface area (Å²) >= 11 is 0. The Morgan fingerprint density at radius 3 is 2.74 bits per heavy atom. The van der Waals surface area contributed by atoms with E-state index in [0.29, 0.717) is 18.0 Å². The molecule has 1 atom stereocenters. The number of nitrogens with one attached hydrogen (secondary N) is 3. The van der Waals surface area contributed by atoms with E-state index in [9.17, 15) is 4.79 Å². The highest BCUT2D eigenvalue weighted by atomic mass is 16.5. The van der Waals surface area contributed by atoms with Gasteiger partial charge >= 0.3 is 6.03 Å². The highest BCUT2D eigenvalue weighted by molar-refractivity contribution is 5.88. The lowest BCUT2D eigenvalue weighted by Gasteiger charge is -2.22. The molecule has 1 unspecified atom stereocenters. The maximum atomic E-state index is 12.0. The summed E-state index contributed by atoms with van der Waals surface area (Å²) in [5.41, 5.74) is 0.943. The Bertz CT molecular complexity index is 494. The van der Waals surface area contributed by atoms with E-state index in [-0.39, 0.29) is 6.03 Å². The van der Waals surface area contributed by atoms with Crippen molar-refractivity contribution in [3.05, 3.63) is 18.3 Å². The van der Waals surface area contributed by atoms with Crippen LogP contribution in [0.2, 0.25) is 0 Å². The van der Waals surface area contributed by atoms with Crippen molar-refractivity contribution in [1.82, 2.24) is 10.3 Å². The number of rotatable bonds is 5. The molecule has 23 heavy (non-hydrogen) atoms. The molecule has 1 aliphatic carbocycles. The normalized spacial score (nSPS) is 21.8. The standard InChI is InChI=1S/C17H26N4O2/c22-17(20-13-5-2-1-3-6-13)21-16-9-8-14(11-19-16)18-12-15-7-4-10-23-15/h8-9,11,13,15,18H,1-7,10,12H2,(H2,19,20,21,22). The molecule has 2 amide bonds. The zero-order valence-corrected chi connectivity index (χ0v) is 13.5. The first-order chi connectivity index (χ1) is 11.3. The predicted molar refractivity (Wildman–Crippen MR) is 90.7 cm³/mol. The van der Waals surface area contributed by atoms with E-state index in [4.69, 9.17) is 4.74 Å². The number of aromatic nitrogens is 1. The number of anilines is 2. The minimum absolute atomic E-state index is 0.163. The Morgan fingerprint density at radius 1 is 1.17 bits per heavy atom. The lowest BCUT2D eigenvalue weighted by atomic mass is 9.96. The van der Waals surface area contributed by atoms with Gasteiger partial charge in [0.2, 0.25) is 0 Å². The summed E-state index contributed by atoms with van der Waals surface area (Å²) in [6.07, 6.45) is 10.1. The maximum Gasteiger partial charge on any atom is 0.320 e. The topological polar surface area (TPSA) is 75.3 Å². The van der Waals surface area contributed by atoms with Crippen molar-refractivity contribution in [2.24, 2.45) is 0 Å². The van der Waals surface area contributed by atoms with Crippen LogP contribution < -0.4 is 16.0 Å². The number of nitrogens with zero attached hydrogens (tertiary/aromatic N) is 1. The van der Waals surface area contributed by atoms with Crippen molar-refractivity contribution in [2.75, 3.05) is 23.8 Å². The molecule has 1 aromatic rings. The van der Waals surface area contributed by atoms with E-state index in [1.54, 1.807) is 6.20 Å². The van der Waals surface area contributed by atoms with Gasteiger partial charge in [-0.15, -0.1) is 0 Å². The molecule has 126 valence electrons. The largest absolute Gasteiger partial charge is 0.381 e. The zero-order valence-electron chi connectivity index (χ0n) is 13.5. The molecule has 2 heterocycles. The minimum Gasteiger partial charge on any atom is -0.381 e. The molecule has 1 saturated carbocycles. The van der Waals surface area contributed by atoms with Crippen molar-refractivity contribution in [2.45, 2.75) is 57.1 Å². The summed E-state index contributed by atoms with van der Waals surface area (Å²) in [4.78, 5) is 16.3. The lowest BCUT2D eigenvalue weighted by molar-refractivity contribution is 0.120. The Labute approximate surface area is 137 Å². The molecule has 0 aromatic carbocycles. The van der Waals surface area contributed by atoms with Crippen LogP contribution in [0.1, 0.15) is 44.9 Å². The van der Waals surface area contributed by atoms with Crippen LogP contribution in [0.5, 0.6) is 0 Å². The predicted octanol–water partition coefficient (Wildman–Crippen LogP) is 3.13. The Morgan fingerprint density at radius 2 is 2.04 bits per heavy atom. The third kappa shape index (κ3) is 5.10. The molecule has 6 nitrogen and oxygen atoms in total. The van der Waals surface area contributed by atoms with Crippen molar-refractivity contribution < 1.29 is 9.53 Å². The SMILES string of the molecule is O=C(Nc1ccc(NCC2CCCO2)cn1)NC1CCCCC1. The summed E-state index contributed by atoms with van der Waals surface area (Å²) in [5, 5.41) is 9.14. The number of carbonyl (C=O) groups is 1. The Kier molecular flexibility index (Phi) is 5.69. The molecule has 0 spiro atoms. The fourth-order valence-electron chi connectivity index (χ4n) is 3.19. The van der Waals surface area contributed by atoms with Crippen LogP contribution in [0.25, 0.3) is 0 Å². The van der Waals surface area contributed by atoms with Gasteiger partial charge in [-0.3, -0.25) is 5.32 Å². The third-order valence-corrected chi connectivity index (χ3v) is 4.50. The minimum atomic E-state index is -0.163. The van der Waals surface area contributed by atoms with E-state index >= 15 is 0 Å². The van der Waals surface area contributed by atoms with Crippen LogP contribution >= 0.6 is 0 Å². The average Bonchev–Trinajstić information content (AvgIpc) is 3.08. The van der Waals surface area contributed by atoms with Crippen molar-refractivity contribution in [3.8, 4) is 0 Å². The summed E-state index contributed by atoms with van der Waals surface area (Å²) in [5.74, 6) is 0.570. The molecule has 0 radical (unpaired) electrons. The van der Waals surface area contributed by atoms with Gasteiger partial charge in [0.25, 0.3) is 0 Å². The molecule has 6 heteroatoms. The quantitative estimate of drug-likeness (QED) is 0.779. The van der Waals surface area contributed by atoms with Gasteiger partial charge in [0.1, 0.15) is 5.82 Å². The number of hydrogen-bond donors (Lipinski definition) is 3. The molecule has 1 aromatic heterocycles. The highest BCUT2D eigenvalue weighted by Gasteiger charge is 2.16. The number of hydrogen-bond acceptors (Lipinski definition) is 4. The second kappa shape index (κ2) is 8.15. The second-order valence-corrected chi connectivity index (χ2v) is 6.38. The number of carbonyl (C=O) groups excluding carboxylic acids is 1. The third-order valence-electron chi connectivity index (χ3n) is 4.50. The number of ether oxygens (including phenoxy) is 1. The summed E-state index contributed by atoms with van der Waals surface area (Å²) in [6, 6.07) is 3.89. The first kappa shape index (κ1) is 16.1. The molecule has 1 aliphatic heterocycles. The second-order valence-electron chi connectivity index (χ2n) is 6.38. The number of pyridine rings is 1. The van der Waals surface area contributed by atoms with E-state index in [1.807, 2.05) is 12.1 Å². The summed E-state index contributed by atoms with van der Waals surface area (Å²) in [6.45, 7) is 1.67. The molecule has 3 N–H and O–H groups in total. The van der Waals surface area contributed by atoms with Gasteiger partial charge in [-0.05, 0) is 37.8 Å². The van der Waals surface area contributed by atoms with Crippen molar-refractivity contribution >= 4 is 17.5 Å². The van der Waals surface area contributed by atoms with Gasteiger partial charge in [0.05, 0.1) is 18.0 Å². The van der Waals surface area contributed by atoms with Gasteiger partial charge < -0.3 is 15.4 Å². The molecular weight excluding hydrogens is 292 g/mol. The molecule has 2 fully saturated rings. The van der Waals surface area contributed by atoms with Crippen molar-refractivity contribution in [3.63, 3.8) is 0 Å². The van der Waals surface area contributed by atoms with Crippen LogP contribution in [-0.4, -0.2) is 36.3 Å². The van der Waals surface area contributed by atoms with E-state index in [2.05, 4.69) is 20.9 Å². The molecule has 3 rings (SSSR count). The van der Waals surface area contributed by atoms with Crippen molar-refractivity contribution in [1.29, 1.82) is 0 Å². The zero-order chi connectivity index (χ0) is 15.9. The average molecular weight is 318 g/mol. The Balaban J connectivity index is 1.42. The van der Waals surface area contributed by atoms with Gasteiger partial charge in [0, 0.05) is 19.2 Å². The smallest absolute Gasteiger partial charge is 0.320 e. The monoisotopic (exact) mass is 318 g/mol. The van der Waals surface area contributed by atoms with Crippen LogP contribution in [0.4, 0.5) is 16.3 Å². The van der Waals surface area contributed by atoms with Crippen LogP contribution in [0, 0.1) is 0 Å². The maximum absolute atomic E-state index is 12.0. The highest BCUT2D eigenvalue weighted by Crippen LogP contribution is 2.18. The van der Waals surface area contributed by atoms with Crippen LogP contribution in [0.15, 0.2) is 18.3 Å². The molecule has 1 saturated heterocycles. The summed E-state index contributed by atoms with van der Waals surface area (Å²) < 4.78 is 5.57. The number of amides is 2. The van der Waals surface area contributed by atoms with Gasteiger partial charge in [0.15, 0.2) is 0 Å². The molecule has 0 bridgehead atoms. The van der Waals surface area contributed by atoms with Gasteiger partial charge in [-0.25, -0.2) is 9.78 Å². The van der Waals surface area contributed by atoms with Gasteiger partial charge in [-0.1, -0.05) is 19.3 Å². The first-order valence-electron chi connectivity index (χ1n) is 8.68. The number of urea groups is 1. The fourth-order valence-corrected chi connectivity index (χ4v) is 3.19. The summed E-state index contributed by atoms with van der Waals surface area (Å²) in [7, 11) is 0. The van der Waals surface area contributed by atoms with Gasteiger partial charge in [-0.2, -0.15) is 0 Å². The van der Waals surface area contributed by atoms with E-state index in [0.717, 1.165) is 44.5 Å². The van der Waals surface area contributed by atoms with Crippen LogP contribution in [0.3, 0.4) is 0 Å². The van der Waals surface area contributed by atoms with E-state index < -0.39 is 0 Å².